The molecule has 0 unspecified atom stereocenters. The number of aryl methyl sites for hydroxylation is 2. The van der Waals surface area contributed by atoms with Crippen LogP contribution in [-0.2, 0) is 0 Å². The minimum atomic E-state index is -0.385. The lowest BCUT2D eigenvalue weighted by molar-refractivity contribution is -0.383. The fraction of sp³-hybridized carbons (Fsp3) is 0.143. The average molecular weight is 268 g/mol. The smallest absolute Gasteiger partial charge is 0.278 e. The van der Waals surface area contributed by atoms with Crippen molar-refractivity contribution in [3.05, 3.63) is 58.4 Å². The van der Waals surface area contributed by atoms with Crippen LogP contribution >= 0.6 is 0 Å². The average Bonchev–Trinajstić information content (AvgIpc) is 2.83. The summed E-state index contributed by atoms with van der Waals surface area (Å²) in [7, 11) is 0. The third-order valence-corrected chi connectivity index (χ3v) is 3.27. The van der Waals surface area contributed by atoms with Gasteiger partial charge in [0.25, 0.3) is 5.69 Å². The molecule has 100 valence electrons. The van der Waals surface area contributed by atoms with Gasteiger partial charge in [-0.1, -0.05) is 0 Å². The van der Waals surface area contributed by atoms with Crippen molar-refractivity contribution in [3.8, 4) is 5.69 Å². The molecule has 0 radical (unpaired) electrons. The van der Waals surface area contributed by atoms with E-state index in [0.29, 0.717) is 5.39 Å². The zero-order chi connectivity index (χ0) is 14.3. The Kier molecular flexibility index (Phi) is 2.71. The third-order valence-electron chi connectivity index (χ3n) is 3.27. The minimum absolute atomic E-state index is 0.0639. The number of rotatable bonds is 2. The van der Waals surface area contributed by atoms with Crippen molar-refractivity contribution >= 4 is 16.5 Å². The third kappa shape index (κ3) is 1.82. The highest BCUT2D eigenvalue weighted by molar-refractivity contribution is 5.96. The number of imidazole rings is 1. The summed E-state index contributed by atoms with van der Waals surface area (Å²) in [6, 6.07) is 5.11. The molecule has 0 atom stereocenters. The van der Waals surface area contributed by atoms with Crippen molar-refractivity contribution in [2.24, 2.45) is 0 Å². The van der Waals surface area contributed by atoms with E-state index in [4.69, 9.17) is 0 Å². The van der Waals surface area contributed by atoms with Crippen LogP contribution in [0.5, 0.6) is 0 Å². The van der Waals surface area contributed by atoms with Gasteiger partial charge in [-0.25, -0.2) is 4.98 Å². The molecule has 0 amide bonds. The molecule has 0 aliphatic carbocycles. The Balaban J connectivity index is 2.40. The summed E-state index contributed by atoms with van der Waals surface area (Å²) in [5.41, 5.74) is 1.75. The molecule has 6 nitrogen and oxygen atoms in total. The van der Waals surface area contributed by atoms with E-state index < -0.39 is 0 Å². The van der Waals surface area contributed by atoms with E-state index in [1.807, 2.05) is 30.7 Å². The van der Waals surface area contributed by atoms with Crippen LogP contribution in [0.3, 0.4) is 0 Å². The van der Waals surface area contributed by atoms with E-state index in [-0.39, 0.29) is 10.6 Å². The second-order valence-electron chi connectivity index (χ2n) is 4.58. The number of pyridine rings is 1. The van der Waals surface area contributed by atoms with Crippen LogP contribution in [0.2, 0.25) is 0 Å². The molecule has 0 saturated carbocycles. The maximum Gasteiger partial charge on any atom is 0.278 e. The first-order valence-corrected chi connectivity index (χ1v) is 6.12. The molecule has 2 heterocycles. The second kappa shape index (κ2) is 4.41. The zero-order valence-electron chi connectivity index (χ0n) is 11.1. The van der Waals surface area contributed by atoms with Crippen molar-refractivity contribution in [1.29, 1.82) is 0 Å². The molecule has 6 heteroatoms. The van der Waals surface area contributed by atoms with E-state index in [1.54, 1.807) is 18.5 Å². The maximum absolute atomic E-state index is 11.1. The van der Waals surface area contributed by atoms with E-state index in [1.165, 1.54) is 6.07 Å². The molecule has 0 aliphatic heterocycles. The summed E-state index contributed by atoms with van der Waals surface area (Å²) in [4.78, 5) is 19.1. The summed E-state index contributed by atoms with van der Waals surface area (Å²) < 4.78 is 1.91. The number of aromatic nitrogens is 3. The molecular weight excluding hydrogens is 256 g/mol. The van der Waals surface area contributed by atoms with Crippen molar-refractivity contribution in [2.45, 2.75) is 13.8 Å². The Labute approximate surface area is 114 Å². The highest BCUT2D eigenvalue weighted by Gasteiger charge is 2.16. The summed E-state index contributed by atoms with van der Waals surface area (Å²) in [6.07, 6.45) is 5.10. The SMILES string of the molecule is Cc1cc2c(-n3ccnc3C)ccc([N+](=O)[O-])c2cn1. The first-order valence-electron chi connectivity index (χ1n) is 6.12. The number of fused-ring (bicyclic) bond motifs is 1. The first-order chi connectivity index (χ1) is 9.58. The monoisotopic (exact) mass is 268 g/mol. The molecule has 3 rings (SSSR count). The first kappa shape index (κ1) is 12.3. The van der Waals surface area contributed by atoms with Crippen LogP contribution in [0.25, 0.3) is 16.5 Å². The summed E-state index contributed by atoms with van der Waals surface area (Å²) in [5.74, 6) is 0.828. The maximum atomic E-state index is 11.1. The molecular formula is C14H12N4O2. The number of nitro benzene ring substituents is 1. The van der Waals surface area contributed by atoms with Gasteiger partial charge < -0.3 is 4.57 Å². The number of hydrogen-bond acceptors (Lipinski definition) is 4. The molecule has 0 aliphatic rings. The van der Waals surface area contributed by atoms with Gasteiger partial charge in [-0.2, -0.15) is 0 Å². The zero-order valence-corrected chi connectivity index (χ0v) is 11.1. The fourth-order valence-corrected chi connectivity index (χ4v) is 2.32. The van der Waals surface area contributed by atoms with Crippen LogP contribution in [0.4, 0.5) is 5.69 Å². The van der Waals surface area contributed by atoms with E-state index in [9.17, 15) is 10.1 Å². The molecule has 0 N–H and O–H groups in total. The van der Waals surface area contributed by atoms with Crippen LogP contribution in [0.1, 0.15) is 11.5 Å². The lowest BCUT2D eigenvalue weighted by Crippen LogP contribution is -1.99. The highest BCUT2D eigenvalue weighted by atomic mass is 16.6. The molecule has 2 aromatic heterocycles. The van der Waals surface area contributed by atoms with Gasteiger partial charge in [0.2, 0.25) is 0 Å². The van der Waals surface area contributed by atoms with Crippen molar-refractivity contribution < 1.29 is 4.92 Å². The highest BCUT2D eigenvalue weighted by Crippen LogP contribution is 2.30. The number of benzene rings is 1. The molecule has 0 fully saturated rings. The molecule has 1 aromatic carbocycles. The minimum Gasteiger partial charge on any atom is -0.303 e. The van der Waals surface area contributed by atoms with E-state index >= 15 is 0 Å². The van der Waals surface area contributed by atoms with Gasteiger partial charge in [-0.3, -0.25) is 15.1 Å². The number of non-ortho nitro benzene ring substituents is 1. The van der Waals surface area contributed by atoms with Gasteiger partial charge >= 0.3 is 0 Å². The molecule has 0 spiro atoms. The van der Waals surface area contributed by atoms with Crippen LogP contribution < -0.4 is 0 Å². The van der Waals surface area contributed by atoms with Crippen molar-refractivity contribution in [2.75, 3.05) is 0 Å². The van der Waals surface area contributed by atoms with Crippen LogP contribution in [-0.4, -0.2) is 19.5 Å². The Morgan fingerprint density at radius 3 is 2.65 bits per heavy atom. The molecule has 20 heavy (non-hydrogen) atoms. The molecule has 3 aromatic rings. The van der Waals surface area contributed by atoms with E-state index in [2.05, 4.69) is 9.97 Å². The largest absolute Gasteiger partial charge is 0.303 e. The van der Waals surface area contributed by atoms with Gasteiger partial charge in [-0.05, 0) is 26.0 Å². The lowest BCUT2D eigenvalue weighted by atomic mass is 10.1. The van der Waals surface area contributed by atoms with Gasteiger partial charge in [0.15, 0.2) is 0 Å². The van der Waals surface area contributed by atoms with Crippen molar-refractivity contribution in [1.82, 2.24) is 14.5 Å². The fourth-order valence-electron chi connectivity index (χ4n) is 2.32. The topological polar surface area (TPSA) is 73.8 Å². The Hall–Kier alpha value is -2.76. The quantitative estimate of drug-likeness (QED) is 0.529. The van der Waals surface area contributed by atoms with Crippen LogP contribution in [0.15, 0.2) is 36.8 Å². The normalized spacial score (nSPS) is 10.9. The van der Waals surface area contributed by atoms with Gasteiger partial charge in [0, 0.05) is 35.7 Å². The molecule has 0 bridgehead atoms. The standard InChI is InChI=1S/C14H12N4O2/c1-9-7-11-12(8-16-9)14(18(19)20)4-3-13(11)17-6-5-15-10(17)2/h3-8H,1-2H3. The van der Waals surface area contributed by atoms with Gasteiger partial charge in [-0.15, -0.1) is 0 Å². The van der Waals surface area contributed by atoms with Gasteiger partial charge in [0.05, 0.1) is 16.0 Å². The Bertz CT molecular complexity index is 823. The predicted molar refractivity (Wildman–Crippen MR) is 75.0 cm³/mol. The summed E-state index contributed by atoms with van der Waals surface area (Å²) in [6.45, 7) is 3.75. The number of hydrogen-bond donors (Lipinski definition) is 0. The summed E-state index contributed by atoms with van der Waals surface area (Å²) >= 11 is 0. The van der Waals surface area contributed by atoms with Crippen LogP contribution in [0, 0.1) is 24.0 Å². The van der Waals surface area contributed by atoms with Gasteiger partial charge in [0.1, 0.15) is 5.82 Å². The Morgan fingerprint density at radius 2 is 2.00 bits per heavy atom. The lowest BCUT2D eigenvalue weighted by Gasteiger charge is -2.10. The second-order valence-corrected chi connectivity index (χ2v) is 4.58. The summed E-state index contributed by atoms with van der Waals surface area (Å²) in [5, 5.41) is 12.5. The van der Waals surface area contributed by atoms with E-state index in [0.717, 1.165) is 22.6 Å². The van der Waals surface area contributed by atoms with Crippen molar-refractivity contribution in [3.63, 3.8) is 0 Å². The number of nitro groups is 1. The molecule has 0 saturated heterocycles. The number of nitrogens with zero attached hydrogens (tertiary/aromatic N) is 4. The Morgan fingerprint density at radius 1 is 1.20 bits per heavy atom. The predicted octanol–water partition coefficient (Wildman–Crippen LogP) is 2.95.